The molecule has 1 aromatic rings. The lowest BCUT2D eigenvalue weighted by molar-refractivity contribution is -0.402. The van der Waals surface area contributed by atoms with Crippen molar-refractivity contribution in [2.45, 2.75) is 6.92 Å². The highest BCUT2D eigenvalue weighted by molar-refractivity contribution is 5.91. The molecular formula is C11H15N3O4. The van der Waals surface area contributed by atoms with E-state index in [4.69, 9.17) is 4.42 Å². The molecule has 1 aliphatic heterocycles. The van der Waals surface area contributed by atoms with Gasteiger partial charge in [-0.2, -0.15) is 0 Å². The zero-order chi connectivity index (χ0) is 13.1. The van der Waals surface area contributed by atoms with Crippen molar-refractivity contribution < 1.29 is 14.1 Å². The first-order valence-corrected chi connectivity index (χ1v) is 5.87. The van der Waals surface area contributed by atoms with Gasteiger partial charge in [-0.3, -0.25) is 14.9 Å². The van der Waals surface area contributed by atoms with Crippen molar-refractivity contribution in [3.8, 4) is 0 Å². The Balaban J connectivity index is 2.01. The van der Waals surface area contributed by atoms with E-state index < -0.39 is 10.8 Å². The highest BCUT2D eigenvalue weighted by atomic mass is 16.6. The van der Waals surface area contributed by atoms with Crippen molar-refractivity contribution in [2.24, 2.45) is 0 Å². The average molecular weight is 253 g/mol. The molecule has 0 N–H and O–H groups in total. The van der Waals surface area contributed by atoms with Crippen LogP contribution in [0, 0.1) is 10.1 Å². The molecule has 0 aliphatic carbocycles. The predicted octanol–water partition coefficient (Wildman–Crippen LogP) is 0.965. The topological polar surface area (TPSA) is 79.8 Å². The summed E-state index contributed by atoms with van der Waals surface area (Å²) in [7, 11) is 0. The highest BCUT2D eigenvalue weighted by Gasteiger charge is 2.25. The molecule has 0 bridgehead atoms. The molecule has 7 nitrogen and oxygen atoms in total. The van der Waals surface area contributed by atoms with E-state index in [0.717, 1.165) is 19.6 Å². The Morgan fingerprint density at radius 3 is 2.56 bits per heavy atom. The number of carbonyl (C=O) groups is 1. The molecule has 1 saturated heterocycles. The second-order valence-electron chi connectivity index (χ2n) is 4.12. The number of piperazine rings is 1. The molecule has 1 fully saturated rings. The maximum Gasteiger partial charge on any atom is 0.433 e. The van der Waals surface area contributed by atoms with Crippen LogP contribution in [0.1, 0.15) is 17.5 Å². The third-order valence-corrected chi connectivity index (χ3v) is 3.09. The van der Waals surface area contributed by atoms with Gasteiger partial charge >= 0.3 is 5.88 Å². The monoisotopic (exact) mass is 253 g/mol. The summed E-state index contributed by atoms with van der Waals surface area (Å²) in [6, 6.07) is 2.56. The minimum atomic E-state index is -0.647. The first-order chi connectivity index (χ1) is 8.61. The van der Waals surface area contributed by atoms with Crippen molar-refractivity contribution in [1.29, 1.82) is 0 Å². The Morgan fingerprint density at radius 2 is 2.06 bits per heavy atom. The number of likely N-dealkylation sites (N-methyl/N-ethyl adjacent to an activating group) is 1. The smallest absolute Gasteiger partial charge is 0.395 e. The zero-order valence-electron chi connectivity index (χ0n) is 10.2. The molecule has 1 aromatic heterocycles. The molecule has 0 unspecified atom stereocenters. The average Bonchev–Trinajstić information content (AvgIpc) is 2.88. The lowest BCUT2D eigenvalue weighted by Crippen LogP contribution is -2.48. The Bertz CT molecular complexity index is 449. The van der Waals surface area contributed by atoms with Gasteiger partial charge in [0, 0.05) is 26.2 Å². The van der Waals surface area contributed by atoms with Crippen LogP contribution in [0.3, 0.4) is 0 Å². The Labute approximate surface area is 104 Å². The van der Waals surface area contributed by atoms with E-state index in [-0.39, 0.29) is 11.7 Å². The van der Waals surface area contributed by atoms with Crippen LogP contribution in [0.15, 0.2) is 16.5 Å². The summed E-state index contributed by atoms with van der Waals surface area (Å²) in [6.45, 7) is 5.94. The van der Waals surface area contributed by atoms with E-state index in [1.807, 2.05) is 0 Å². The normalized spacial score (nSPS) is 16.8. The van der Waals surface area contributed by atoms with E-state index in [1.165, 1.54) is 12.1 Å². The third kappa shape index (κ3) is 2.51. The van der Waals surface area contributed by atoms with Crippen LogP contribution in [0.5, 0.6) is 0 Å². The number of hydrogen-bond donors (Lipinski definition) is 0. The van der Waals surface area contributed by atoms with Gasteiger partial charge in [-0.1, -0.05) is 6.92 Å². The minimum Gasteiger partial charge on any atom is -0.395 e. The molecule has 1 amide bonds. The van der Waals surface area contributed by atoms with Crippen LogP contribution in [0.2, 0.25) is 0 Å². The molecule has 2 rings (SSSR count). The summed E-state index contributed by atoms with van der Waals surface area (Å²) in [5.74, 6) is -0.643. The molecule has 98 valence electrons. The molecule has 0 saturated carbocycles. The molecular weight excluding hydrogens is 238 g/mol. The summed E-state index contributed by atoms with van der Waals surface area (Å²) in [4.78, 5) is 25.8. The van der Waals surface area contributed by atoms with Gasteiger partial charge in [-0.05, 0) is 12.6 Å². The number of nitrogens with zero attached hydrogens (tertiary/aromatic N) is 3. The molecule has 0 spiro atoms. The Kier molecular flexibility index (Phi) is 3.61. The van der Waals surface area contributed by atoms with Crippen LogP contribution < -0.4 is 0 Å². The summed E-state index contributed by atoms with van der Waals surface area (Å²) in [6.07, 6.45) is 0. The SMILES string of the molecule is CCN1CCN(C(=O)c2ccc([N+](=O)[O-])o2)CC1. The number of nitro groups is 1. The minimum absolute atomic E-state index is 0.0339. The van der Waals surface area contributed by atoms with Crippen molar-refractivity contribution in [1.82, 2.24) is 9.80 Å². The maximum absolute atomic E-state index is 12.0. The number of rotatable bonds is 3. The summed E-state index contributed by atoms with van der Waals surface area (Å²) >= 11 is 0. The van der Waals surface area contributed by atoms with E-state index in [0.29, 0.717) is 13.1 Å². The highest BCUT2D eigenvalue weighted by Crippen LogP contribution is 2.17. The standard InChI is InChI=1S/C11H15N3O4/c1-2-12-5-7-13(8-6-12)11(15)9-3-4-10(18-9)14(16)17/h3-4H,2,5-8H2,1H3. The van der Waals surface area contributed by atoms with Gasteiger partial charge in [0.05, 0.1) is 6.07 Å². The fraction of sp³-hybridized carbons (Fsp3) is 0.545. The summed E-state index contributed by atoms with van der Waals surface area (Å²) in [5.41, 5.74) is 0. The first kappa shape index (κ1) is 12.6. The molecule has 0 atom stereocenters. The molecule has 2 heterocycles. The van der Waals surface area contributed by atoms with Gasteiger partial charge in [-0.15, -0.1) is 0 Å². The second kappa shape index (κ2) is 5.18. The fourth-order valence-corrected chi connectivity index (χ4v) is 1.96. The van der Waals surface area contributed by atoms with Gasteiger partial charge in [0.1, 0.15) is 4.92 Å². The number of hydrogen-bond acceptors (Lipinski definition) is 5. The largest absolute Gasteiger partial charge is 0.433 e. The van der Waals surface area contributed by atoms with Crippen LogP contribution in [0.25, 0.3) is 0 Å². The number of furan rings is 1. The Morgan fingerprint density at radius 1 is 1.39 bits per heavy atom. The van der Waals surface area contributed by atoms with Crippen LogP contribution in [0.4, 0.5) is 5.88 Å². The molecule has 18 heavy (non-hydrogen) atoms. The fourth-order valence-electron chi connectivity index (χ4n) is 1.96. The van der Waals surface area contributed by atoms with Gasteiger partial charge in [0.15, 0.2) is 5.76 Å². The van der Waals surface area contributed by atoms with Crippen molar-refractivity contribution in [3.05, 3.63) is 28.0 Å². The quantitative estimate of drug-likeness (QED) is 0.592. The van der Waals surface area contributed by atoms with Crippen molar-refractivity contribution in [2.75, 3.05) is 32.7 Å². The second-order valence-corrected chi connectivity index (χ2v) is 4.12. The van der Waals surface area contributed by atoms with Crippen LogP contribution >= 0.6 is 0 Å². The summed E-state index contributed by atoms with van der Waals surface area (Å²) < 4.78 is 4.91. The van der Waals surface area contributed by atoms with Crippen molar-refractivity contribution in [3.63, 3.8) is 0 Å². The molecule has 0 aromatic carbocycles. The van der Waals surface area contributed by atoms with E-state index in [9.17, 15) is 14.9 Å². The van der Waals surface area contributed by atoms with Crippen LogP contribution in [-0.2, 0) is 0 Å². The molecule has 7 heteroatoms. The maximum atomic E-state index is 12.0. The van der Waals surface area contributed by atoms with Gasteiger partial charge < -0.3 is 14.2 Å². The van der Waals surface area contributed by atoms with E-state index >= 15 is 0 Å². The third-order valence-electron chi connectivity index (χ3n) is 3.09. The van der Waals surface area contributed by atoms with Crippen LogP contribution in [-0.4, -0.2) is 53.4 Å². The number of carbonyl (C=O) groups excluding carboxylic acids is 1. The van der Waals surface area contributed by atoms with Gasteiger partial charge in [0.2, 0.25) is 0 Å². The molecule has 1 aliphatic rings. The predicted molar refractivity (Wildman–Crippen MR) is 63.4 cm³/mol. The molecule has 0 radical (unpaired) electrons. The summed E-state index contributed by atoms with van der Waals surface area (Å²) in [5, 5.41) is 10.5. The number of amides is 1. The lowest BCUT2D eigenvalue weighted by atomic mass is 10.3. The zero-order valence-corrected chi connectivity index (χ0v) is 10.2. The van der Waals surface area contributed by atoms with E-state index in [1.54, 1.807) is 4.90 Å². The van der Waals surface area contributed by atoms with E-state index in [2.05, 4.69) is 11.8 Å². The van der Waals surface area contributed by atoms with Gasteiger partial charge in [0.25, 0.3) is 5.91 Å². The van der Waals surface area contributed by atoms with Gasteiger partial charge in [-0.25, -0.2) is 0 Å². The van der Waals surface area contributed by atoms with Crippen molar-refractivity contribution >= 4 is 11.8 Å². The first-order valence-electron chi connectivity index (χ1n) is 5.87. The lowest BCUT2D eigenvalue weighted by Gasteiger charge is -2.33. The Hall–Kier alpha value is -1.89.